The summed E-state index contributed by atoms with van der Waals surface area (Å²) >= 11 is 0. The minimum atomic E-state index is 0.146. The summed E-state index contributed by atoms with van der Waals surface area (Å²) in [5.41, 5.74) is 8.65. The Morgan fingerprint density at radius 2 is 2.05 bits per heavy atom. The Morgan fingerprint density at radius 3 is 2.90 bits per heavy atom. The summed E-state index contributed by atoms with van der Waals surface area (Å²) in [4.78, 5) is 11.8. The van der Waals surface area contributed by atoms with E-state index < -0.39 is 0 Å². The second-order valence-electron chi connectivity index (χ2n) is 8.14. The molecule has 0 spiro atoms. The molecule has 2 heteroatoms. The first-order valence-electron chi connectivity index (χ1n) is 8.53. The number of ketones is 1. The number of rotatable bonds is 0. The highest BCUT2D eigenvalue weighted by atomic mass is 16.1. The van der Waals surface area contributed by atoms with Gasteiger partial charge in [0.2, 0.25) is 0 Å². The van der Waals surface area contributed by atoms with Crippen molar-refractivity contribution in [3.05, 3.63) is 11.6 Å². The molecule has 0 bridgehead atoms. The Labute approximate surface area is 122 Å². The van der Waals surface area contributed by atoms with E-state index in [-0.39, 0.29) is 5.54 Å². The standard InChI is InChI=1S/C18H27NO/c1-17-9-6-13(20)11-12(17)4-5-14-15(17)7-10-18(19)8-2-3-16(14)18/h4,14-16H,2-3,5-11,19H2,1H3/t14-,15+,16+,17+,18-/m1/s1. The average molecular weight is 273 g/mol. The lowest BCUT2D eigenvalue weighted by Gasteiger charge is -2.56. The molecule has 0 unspecified atom stereocenters. The van der Waals surface area contributed by atoms with Crippen LogP contribution in [0.2, 0.25) is 0 Å². The van der Waals surface area contributed by atoms with Crippen molar-refractivity contribution in [2.75, 3.05) is 0 Å². The van der Waals surface area contributed by atoms with Gasteiger partial charge in [-0.05, 0) is 61.7 Å². The second kappa shape index (κ2) is 4.19. The van der Waals surface area contributed by atoms with Gasteiger partial charge in [0.05, 0.1) is 0 Å². The maximum absolute atomic E-state index is 11.8. The van der Waals surface area contributed by atoms with Crippen LogP contribution >= 0.6 is 0 Å². The molecule has 20 heavy (non-hydrogen) atoms. The maximum atomic E-state index is 11.8. The number of carbonyl (C=O) groups is 1. The number of fused-ring (bicyclic) bond motifs is 5. The Bertz CT molecular complexity index is 482. The lowest BCUT2D eigenvalue weighted by atomic mass is 9.49. The zero-order valence-corrected chi connectivity index (χ0v) is 12.7. The Hall–Kier alpha value is -0.630. The van der Waals surface area contributed by atoms with Crippen molar-refractivity contribution in [2.45, 2.75) is 70.3 Å². The molecule has 0 aromatic rings. The molecule has 4 aliphatic carbocycles. The molecule has 0 saturated heterocycles. The van der Waals surface area contributed by atoms with Crippen molar-refractivity contribution in [1.82, 2.24) is 0 Å². The third-order valence-corrected chi connectivity index (χ3v) is 7.35. The molecular weight excluding hydrogens is 246 g/mol. The van der Waals surface area contributed by atoms with E-state index in [0.717, 1.165) is 37.0 Å². The van der Waals surface area contributed by atoms with Crippen LogP contribution in [0, 0.1) is 23.2 Å². The molecular formula is C18H27NO. The van der Waals surface area contributed by atoms with Gasteiger partial charge in [-0.15, -0.1) is 0 Å². The largest absolute Gasteiger partial charge is 0.325 e. The Kier molecular flexibility index (Phi) is 2.74. The smallest absolute Gasteiger partial charge is 0.136 e. The van der Waals surface area contributed by atoms with Crippen molar-refractivity contribution >= 4 is 5.78 Å². The summed E-state index contributed by atoms with van der Waals surface area (Å²) in [6.07, 6.45) is 12.7. The van der Waals surface area contributed by atoms with Crippen LogP contribution in [-0.4, -0.2) is 11.3 Å². The molecule has 0 aliphatic heterocycles. The number of carbonyl (C=O) groups excluding carboxylic acids is 1. The number of hydrogen-bond acceptors (Lipinski definition) is 2. The van der Waals surface area contributed by atoms with E-state index in [9.17, 15) is 4.79 Å². The molecule has 2 N–H and O–H groups in total. The SMILES string of the molecule is C[C@]12CCC(=O)CC1=CC[C@H]1[C@@H]3CCC[C@@]3(N)CC[C@@H]12. The summed E-state index contributed by atoms with van der Waals surface area (Å²) in [5, 5.41) is 0. The Balaban J connectivity index is 1.70. The molecule has 0 aromatic carbocycles. The van der Waals surface area contributed by atoms with Gasteiger partial charge in [-0.2, -0.15) is 0 Å². The van der Waals surface area contributed by atoms with Crippen LogP contribution < -0.4 is 5.73 Å². The first-order chi connectivity index (χ1) is 9.53. The van der Waals surface area contributed by atoms with Gasteiger partial charge >= 0.3 is 0 Å². The van der Waals surface area contributed by atoms with E-state index in [1.165, 1.54) is 44.1 Å². The fourth-order valence-electron chi connectivity index (χ4n) is 6.18. The summed E-state index contributed by atoms with van der Waals surface area (Å²) in [6, 6.07) is 0. The average Bonchev–Trinajstić information content (AvgIpc) is 2.81. The number of allylic oxidation sites excluding steroid dienone is 2. The number of nitrogens with two attached hydrogens (primary N) is 1. The molecule has 0 heterocycles. The van der Waals surface area contributed by atoms with Crippen molar-refractivity contribution in [1.29, 1.82) is 0 Å². The van der Waals surface area contributed by atoms with Gasteiger partial charge < -0.3 is 5.73 Å². The van der Waals surface area contributed by atoms with Crippen LogP contribution in [0.4, 0.5) is 0 Å². The van der Waals surface area contributed by atoms with Crippen molar-refractivity contribution in [2.24, 2.45) is 28.9 Å². The zero-order valence-electron chi connectivity index (χ0n) is 12.7. The highest BCUT2D eigenvalue weighted by Crippen LogP contribution is 2.61. The lowest BCUT2D eigenvalue weighted by molar-refractivity contribution is -0.121. The molecule has 2 nitrogen and oxygen atoms in total. The third-order valence-electron chi connectivity index (χ3n) is 7.35. The number of hydrogen-bond donors (Lipinski definition) is 1. The van der Waals surface area contributed by atoms with Crippen LogP contribution in [0.3, 0.4) is 0 Å². The van der Waals surface area contributed by atoms with Crippen molar-refractivity contribution < 1.29 is 4.79 Å². The fraction of sp³-hybridized carbons (Fsp3) is 0.833. The first kappa shape index (κ1) is 13.1. The molecule has 110 valence electrons. The molecule has 3 saturated carbocycles. The van der Waals surface area contributed by atoms with Crippen LogP contribution in [0.5, 0.6) is 0 Å². The first-order valence-corrected chi connectivity index (χ1v) is 8.53. The fourth-order valence-corrected chi connectivity index (χ4v) is 6.18. The van der Waals surface area contributed by atoms with E-state index in [2.05, 4.69) is 13.0 Å². The third kappa shape index (κ3) is 1.63. The van der Waals surface area contributed by atoms with Gasteiger partial charge in [-0.3, -0.25) is 4.79 Å². The molecule has 5 atom stereocenters. The van der Waals surface area contributed by atoms with Gasteiger partial charge in [0.15, 0.2) is 0 Å². The van der Waals surface area contributed by atoms with Crippen LogP contribution in [-0.2, 0) is 4.79 Å². The van der Waals surface area contributed by atoms with Gasteiger partial charge in [0, 0.05) is 18.4 Å². The topological polar surface area (TPSA) is 43.1 Å². The van der Waals surface area contributed by atoms with E-state index in [1.54, 1.807) is 0 Å². The van der Waals surface area contributed by atoms with E-state index in [0.29, 0.717) is 11.2 Å². The van der Waals surface area contributed by atoms with Gasteiger partial charge in [0.1, 0.15) is 5.78 Å². The maximum Gasteiger partial charge on any atom is 0.136 e. The summed E-state index contributed by atoms with van der Waals surface area (Å²) in [5.74, 6) is 2.78. The number of Topliss-reactive ketones (excluding diaryl/α,β-unsaturated/α-hetero) is 1. The van der Waals surface area contributed by atoms with Gasteiger partial charge in [-0.1, -0.05) is 25.0 Å². The van der Waals surface area contributed by atoms with Crippen LogP contribution in [0.1, 0.15) is 64.7 Å². The van der Waals surface area contributed by atoms with Crippen molar-refractivity contribution in [3.8, 4) is 0 Å². The quantitative estimate of drug-likeness (QED) is 0.685. The lowest BCUT2D eigenvalue weighted by Crippen LogP contribution is -2.56. The van der Waals surface area contributed by atoms with E-state index >= 15 is 0 Å². The minimum absolute atomic E-state index is 0.146. The van der Waals surface area contributed by atoms with Gasteiger partial charge in [-0.25, -0.2) is 0 Å². The van der Waals surface area contributed by atoms with E-state index in [4.69, 9.17) is 5.73 Å². The molecule has 3 fully saturated rings. The van der Waals surface area contributed by atoms with Gasteiger partial charge in [0.25, 0.3) is 0 Å². The Morgan fingerprint density at radius 1 is 1.20 bits per heavy atom. The molecule has 4 rings (SSSR count). The molecule has 0 amide bonds. The van der Waals surface area contributed by atoms with Crippen LogP contribution in [0.15, 0.2) is 11.6 Å². The molecule has 4 aliphatic rings. The minimum Gasteiger partial charge on any atom is -0.325 e. The van der Waals surface area contributed by atoms with E-state index in [1.807, 2.05) is 0 Å². The predicted molar refractivity (Wildman–Crippen MR) is 80.1 cm³/mol. The highest BCUT2D eigenvalue weighted by Gasteiger charge is 2.56. The molecule has 0 aromatic heterocycles. The van der Waals surface area contributed by atoms with Crippen molar-refractivity contribution in [3.63, 3.8) is 0 Å². The molecule has 0 radical (unpaired) electrons. The van der Waals surface area contributed by atoms with Crippen LogP contribution in [0.25, 0.3) is 0 Å². The highest BCUT2D eigenvalue weighted by molar-refractivity contribution is 5.82. The summed E-state index contributed by atoms with van der Waals surface area (Å²) in [6.45, 7) is 2.45. The predicted octanol–water partition coefficient (Wildman–Crippen LogP) is 3.60. The summed E-state index contributed by atoms with van der Waals surface area (Å²) < 4.78 is 0. The normalized spacial score (nSPS) is 51.0. The second-order valence-corrected chi connectivity index (χ2v) is 8.14. The summed E-state index contributed by atoms with van der Waals surface area (Å²) in [7, 11) is 0. The zero-order chi connectivity index (χ0) is 14.0. The monoisotopic (exact) mass is 273 g/mol.